The highest BCUT2D eigenvalue weighted by molar-refractivity contribution is 5.92. The fourth-order valence-electron chi connectivity index (χ4n) is 1.78. The standard InChI is InChI=1S/C16H24N2O3/c1-11(2)10-21-8-7-16(20)18-14-5-6-15(12(3)9-14)17-13(4)19/h5-6,9,11H,7-8,10H2,1-4H3,(H,17,19)(H,18,20). The number of rotatable bonds is 7. The average Bonchev–Trinajstić information content (AvgIpc) is 2.37. The van der Waals surface area contributed by atoms with E-state index in [-0.39, 0.29) is 11.8 Å². The van der Waals surface area contributed by atoms with Crippen LogP contribution in [0.1, 0.15) is 32.8 Å². The van der Waals surface area contributed by atoms with Gasteiger partial charge in [-0.2, -0.15) is 0 Å². The number of carbonyl (C=O) groups is 2. The highest BCUT2D eigenvalue weighted by Gasteiger charge is 2.06. The number of carbonyl (C=O) groups excluding carboxylic acids is 2. The maximum atomic E-state index is 11.8. The van der Waals surface area contributed by atoms with Crippen molar-refractivity contribution < 1.29 is 14.3 Å². The van der Waals surface area contributed by atoms with Crippen molar-refractivity contribution in [1.29, 1.82) is 0 Å². The first-order valence-electron chi connectivity index (χ1n) is 7.14. The van der Waals surface area contributed by atoms with Gasteiger partial charge in [-0.05, 0) is 36.6 Å². The first kappa shape index (κ1) is 17.2. The normalized spacial score (nSPS) is 10.5. The third kappa shape index (κ3) is 6.90. The first-order valence-corrected chi connectivity index (χ1v) is 7.14. The quantitative estimate of drug-likeness (QED) is 0.759. The van der Waals surface area contributed by atoms with E-state index in [1.807, 2.05) is 13.0 Å². The molecule has 0 saturated heterocycles. The van der Waals surface area contributed by atoms with E-state index in [0.717, 1.165) is 16.9 Å². The van der Waals surface area contributed by atoms with Gasteiger partial charge in [0.2, 0.25) is 11.8 Å². The van der Waals surface area contributed by atoms with Crippen molar-refractivity contribution in [2.45, 2.75) is 34.1 Å². The van der Waals surface area contributed by atoms with Crippen LogP contribution in [0, 0.1) is 12.8 Å². The summed E-state index contributed by atoms with van der Waals surface area (Å²) in [6.07, 6.45) is 0.333. The summed E-state index contributed by atoms with van der Waals surface area (Å²) < 4.78 is 5.38. The Morgan fingerprint density at radius 3 is 2.52 bits per heavy atom. The van der Waals surface area contributed by atoms with Crippen molar-refractivity contribution in [1.82, 2.24) is 0 Å². The minimum absolute atomic E-state index is 0.0783. The SMILES string of the molecule is CC(=O)Nc1ccc(NC(=O)CCOCC(C)C)cc1C. The third-order valence-corrected chi connectivity index (χ3v) is 2.75. The topological polar surface area (TPSA) is 67.4 Å². The first-order chi connectivity index (χ1) is 9.88. The summed E-state index contributed by atoms with van der Waals surface area (Å²) in [4.78, 5) is 22.8. The Morgan fingerprint density at radius 2 is 1.95 bits per heavy atom. The number of aryl methyl sites for hydroxylation is 1. The van der Waals surface area contributed by atoms with Crippen LogP contribution in [0.5, 0.6) is 0 Å². The van der Waals surface area contributed by atoms with Crippen LogP contribution >= 0.6 is 0 Å². The molecule has 1 rings (SSSR count). The van der Waals surface area contributed by atoms with Gasteiger partial charge in [-0.25, -0.2) is 0 Å². The summed E-state index contributed by atoms with van der Waals surface area (Å²) in [6, 6.07) is 5.38. The molecule has 0 saturated carbocycles. The van der Waals surface area contributed by atoms with Crippen molar-refractivity contribution in [3.05, 3.63) is 23.8 Å². The molecule has 5 heteroatoms. The minimum atomic E-state index is -0.114. The van der Waals surface area contributed by atoms with Crippen LogP contribution in [0.4, 0.5) is 11.4 Å². The smallest absolute Gasteiger partial charge is 0.226 e. The van der Waals surface area contributed by atoms with Crippen LogP contribution in [0.3, 0.4) is 0 Å². The van der Waals surface area contributed by atoms with Gasteiger partial charge in [0.25, 0.3) is 0 Å². The van der Waals surface area contributed by atoms with Gasteiger partial charge >= 0.3 is 0 Å². The van der Waals surface area contributed by atoms with Crippen LogP contribution in [0.25, 0.3) is 0 Å². The van der Waals surface area contributed by atoms with Gasteiger partial charge in [0.1, 0.15) is 0 Å². The second kappa shape index (κ2) is 8.42. The number of amides is 2. The van der Waals surface area contributed by atoms with Crippen LogP contribution in [0.2, 0.25) is 0 Å². The fraction of sp³-hybridized carbons (Fsp3) is 0.500. The van der Waals surface area contributed by atoms with E-state index in [2.05, 4.69) is 24.5 Å². The Bertz CT molecular complexity index is 498. The molecule has 0 heterocycles. The number of ether oxygens (including phenoxy) is 1. The van der Waals surface area contributed by atoms with Gasteiger partial charge in [-0.1, -0.05) is 13.8 Å². The third-order valence-electron chi connectivity index (χ3n) is 2.75. The van der Waals surface area contributed by atoms with Crippen molar-refractivity contribution >= 4 is 23.2 Å². The fourth-order valence-corrected chi connectivity index (χ4v) is 1.78. The van der Waals surface area contributed by atoms with E-state index in [4.69, 9.17) is 4.74 Å². The monoisotopic (exact) mass is 292 g/mol. The van der Waals surface area contributed by atoms with E-state index in [9.17, 15) is 9.59 Å². The number of hydrogen-bond acceptors (Lipinski definition) is 3. The number of benzene rings is 1. The lowest BCUT2D eigenvalue weighted by molar-refractivity contribution is -0.117. The molecule has 0 spiro atoms. The zero-order valence-corrected chi connectivity index (χ0v) is 13.2. The molecule has 0 aromatic heterocycles. The number of nitrogens with one attached hydrogen (secondary N) is 2. The molecule has 21 heavy (non-hydrogen) atoms. The molecule has 0 fully saturated rings. The van der Waals surface area contributed by atoms with E-state index >= 15 is 0 Å². The summed E-state index contributed by atoms with van der Waals surface area (Å²) in [5, 5.41) is 5.55. The molecule has 116 valence electrons. The summed E-state index contributed by atoms with van der Waals surface area (Å²) in [5.41, 5.74) is 2.37. The number of anilines is 2. The Balaban J connectivity index is 2.45. The predicted molar refractivity (Wildman–Crippen MR) is 84.4 cm³/mol. The second-order valence-electron chi connectivity index (χ2n) is 5.48. The van der Waals surface area contributed by atoms with Gasteiger partial charge in [-0.3, -0.25) is 9.59 Å². The zero-order valence-electron chi connectivity index (χ0n) is 13.2. The van der Waals surface area contributed by atoms with Crippen LogP contribution < -0.4 is 10.6 Å². The van der Waals surface area contributed by atoms with E-state index in [1.54, 1.807) is 12.1 Å². The maximum Gasteiger partial charge on any atom is 0.226 e. The predicted octanol–water partition coefficient (Wildman–Crippen LogP) is 2.95. The molecule has 0 unspecified atom stereocenters. The van der Waals surface area contributed by atoms with Gasteiger partial charge in [-0.15, -0.1) is 0 Å². The van der Waals surface area contributed by atoms with Gasteiger partial charge in [0.15, 0.2) is 0 Å². The highest BCUT2D eigenvalue weighted by atomic mass is 16.5. The minimum Gasteiger partial charge on any atom is -0.381 e. The highest BCUT2D eigenvalue weighted by Crippen LogP contribution is 2.19. The van der Waals surface area contributed by atoms with Crippen LogP contribution in [0.15, 0.2) is 18.2 Å². The lowest BCUT2D eigenvalue weighted by atomic mass is 10.1. The molecule has 2 N–H and O–H groups in total. The van der Waals surface area contributed by atoms with Gasteiger partial charge in [0.05, 0.1) is 13.0 Å². The molecule has 0 aliphatic carbocycles. The molecule has 0 aliphatic rings. The lowest BCUT2D eigenvalue weighted by Gasteiger charge is -2.10. The molecule has 0 radical (unpaired) electrons. The molecule has 0 bridgehead atoms. The Kier molecular flexibility index (Phi) is 6.88. The number of hydrogen-bond donors (Lipinski definition) is 2. The van der Waals surface area contributed by atoms with Gasteiger partial charge < -0.3 is 15.4 Å². The van der Waals surface area contributed by atoms with Gasteiger partial charge in [0, 0.05) is 24.9 Å². The summed E-state index contributed by atoms with van der Waals surface area (Å²) in [5.74, 6) is 0.277. The molecular formula is C16H24N2O3. The van der Waals surface area contributed by atoms with E-state index in [0.29, 0.717) is 25.6 Å². The largest absolute Gasteiger partial charge is 0.381 e. The summed E-state index contributed by atoms with van der Waals surface area (Å²) >= 11 is 0. The van der Waals surface area contributed by atoms with Crippen LogP contribution in [-0.2, 0) is 14.3 Å². The maximum absolute atomic E-state index is 11.8. The molecule has 1 aromatic rings. The van der Waals surface area contributed by atoms with E-state index in [1.165, 1.54) is 6.92 Å². The Labute approximate surface area is 126 Å². The molecule has 2 amide bonds. The van der Waals surface area contributed by atoms with E-state index < -0.39 is 0 Å². The lowest BCUT2D eigenvalue weighted by Crippen LogP contribution is -2.15. The summed E-state index contributed by atoms with van der Waals surface area (Å²) in [6.45, 7) is 8.57. The van der Waals surface area contributed by atoms with Crippen molar-refractivity contribution in [3.8, 4) is 0 Å². The molecule has 0 aliphatic heterocycles. The zero-order chi connectivity index (χ0) is 15.8. The molecule has 0 atom stereocenters. The van der Waals surface area contributed by atoms with Crippen molar-refractivity contribution in [3.63, 3.8) is 0 Å². The Hall–Kier alpha value is -1.88. The second-order valence-corrected chi connectivity index (χ2v) is 5.48. The summed E-state index contributed by atoms with van der Waals surface area (Å²) in [7, 11) is 0. The average molecular weight is 292 g/mol. The molecular weight excluding hydrogens is 268 g/mol. The Morgan fingerprint density at radius 1 is 1.24 bits per heavy atom. The van der Waals surface area contributed by atoms with Crippen LogP contribution in [-0.4, -0.2) is 25.0 Å². The van der Waals surface area contributed by atoms with Crippen molar-refractivity contribution in [2.75, 3.05) is 23.8 Å². The molecule has 1 aromatic carbocycles. The molecule has 5 nitrogen and oxygen atoms in total. The van der Waals surface area contributed by atoms with Crippen molar-refractivity contribution in [2.24, 2.45) is 5.92 Å².